The fraction of sp³-hybridized carbons (Fsp3) is 0.600. The van der Waals surface area contributed by atoms with Crippen molar-refractivity contribution in [3.8, 4) is 0 Å². The Morgan fingerprint density at radius 1 is 1.00 bits per heavy atom. The van der Waals surface area contributed by atoms with Gasteiger partial charge in [-0.15, -0.1) is 23.5 Å². The molecule has 1 aliphatic heterocycles. The van der Waals surface area contributed by atoms with Crippen molar-refractivity contribution in [2.24, 2.45) is 0 Å². The molecule has 0 spiro atoms. The second kappa shape index (κ2) is 4.28. The summed E-state index contributed by atoms with van der Waals surface area (Å²) >= 11 is 6.01. The zero-order valence-corrected chi connectivity index (χ0v) is 10.4. The molecule has 0 radical (unpaired) electrons. The SMILES string of the molecule is CC[C@@H]1Sc2cscc2S[C@@H]1CC. The Morgan fingerprint density at radius 2 is 1.46 bits per heavy atom. The topological polar surface area (TPSA) is 0 Å². The fourth-order valence-corrected chi connectivity index (χ4v) is 5.76. The summed E-state index contributed by atoms with van der Waals surface area (Å²) in [5.41, 5.74) is 0. The van der Waals surface area contributed by atoms with Gasteiger partial charge in [0.1, 0.15) is 0 Å². The molecule has 3 heteroatoms. The Bertz CT molecular complexity index is 253. The molecule has 72 valence electrons. The molecule has 1 aromatic heterocycles. The van der Waals surface area contributed by atoms with Gasteiger partial charge in [0.05, 0.1) is 0 Å². The fourth-order valence-electron chi connectivity index (χ4n) is 1.62. The summed E-state index contributed by atoms with van der Waals surface area (Å²) in [6.07, 6.45) is 2.59. The molecule has 0 nitrogen and oxygen atoms in total. The molecule has 0 aliphatic carbocycles. The van der Waals surface area contributed by atoms with E-state index in [-0.39, 0.29) is 0 Å². The van der Waals surface area contributed by atoms with Gasteiger partial charge in [0.25, 0.3) is 0 Å². The highest BCUT2D eigenvalue weighted by atomic mass is 32.2. The van der Waals surface area contributed by atoms with Crippen LogP contribution in [0.25, 0.3) is 0 Å². The Kier molecular flexibility index (Phi) is 3.27. The summed E-state index contributed by atoms with van der Waals surface area (Å²) in [5, 5.41) is 6.25. The predicted octanol–water partition coefficient (Wildman–Crippen LogP) is 4.50. The summed E-state index contributed by atoms with van der Waals surface area (Å²) in [6, 6.07) is 0. The molecule has 0 unspecified atom stereocenters. The van der Waals surface area contributed by atoms with Crippen LogP contribution in [0.15, 0.2) is 20.6 Å². The van der Waals surface area contributed by atoms with E-state index < -0.39 is 0 Å². The number of fused-ring (bicyclic) bond motifs is 1. The molecule has 13 heavy (non-hydrogen) atoms. The third-order valence-corrected chi connectivity index (χ3v) is 6.83. The van der Waals surface area contributed by atoms with Crippen LogP contribution in [0.2, 0.25) is 0 Å². The van der Waals surface area contributed by atoms with Gasteiger partial charge in [-0.25, -0.2) is 0 Å². The van der Waals surface area contributed by atoms with E-state index in [0.717, 1.165) is 10.5 Å². The highest BCUT2D eigenvalue weighted by Gasteiger charge is 2.27. The van der Waals surface area contributed by atoms with Gasteiger partial charge in [-0.05, 0) is 12.8 Å². The molecule has 0 amide bonds. The van der Waals surface area contributed by atoms with Crippen LogP contribution in [0, 0.1) is 0 Å². The van der Waals surface area contributed by atoms with Crippen molar-refractivity contribution in [1.29, 1.82) is 0 Å². The smallest absolute Gasteiger partial charge is 0.0318 e. The molecule has 0 N–H and O–H groups in total. The Morgan fingerprint density at radius 3 is 1.85 bits per heavy atom. The molecule has 1 aromatic rings. The second-order valence-corrected chi connectivity index (χ2v) is 6.54. The molecule has 1 aliphatic rings. The number of thioether (sulfide) groups is 2. The lowest BCUT2D eigenvalue weighted by atomic mass is 10.2. The van der Waals surface area contributed by atoms with E-state index in [9.17, 15) is 0 Å². The van der Waals surface area contributed by atoms with Gasteiger partial charge >= 0.3 is 0 Å². The zero-order valence-electron chi connectivity index (χ0n) is 7.95. The van der Waals surface area contributed by atoms with Crippen molar-refractivity contribution in [3.05, 3.63) is 10.8 Å². The minimum absolute atomic E-state index is 0.831. The Labute approximate surface area is 92.5 Å². The molecule has 0 fully saturated rings. The van der Waals surface area contributed by atoms with Gasteiger partial charge in [-0.2, -0.15) is 11.3 Å². The summed E-state index contributed by atoms with van der Waals surface area (Å²) in [5.74, 6) is 0. The van der Waals surface area contributed by atoms with Crippen LogP contribution in [0.1, 0.15) is 26.7 Å². The first kappa shape index (κ1) is 9.94. The van der Waals surface area contributed by atoms with Crippen LogP contribution in [0.4, 0.5) is 0 Å². The van der Waals surface area contributed by atoms with Gasteiger partial charge in [0.2, 0.25) is 0 Å². The van der Waals surface area contributed by atoms with Gasteiger partial charge in [0, 0.05) is 31.1 Å². The van der Waals surface area contributed by atoms with E-state index in [0.29, 0.717) is 0 Å². The van der Waals surface area contributed by atoms with E-state index in [2.05, 4.69) is 48.1 Å². The van der Waals surface area contributed by atoms with Crippen molar-refractivity contribution < 1.29 is 0 Å². The molecular weight excluding hydrogens is 216 g/mol. The molecule has 0 aromatic carbocycles. The minimum atomic E-state index is 0.831. The Balaban J connectivity index is 2.20. The van der Waals surface area contributed by atoms with Crippen molar-refractivity contribution >= 4 is 34.9 Å². The lowest BCUT2D eigenvalue weighted by molar-refractivity contribution is 0.730. The van der Waals surface area contributed by atoms with E-state index in [1.54, 1.807) is 0 Å². The molecule has 0 bridgehead atoms. The van der Waals surface area contributed by atoms with E-state index in [1.165, 1.54) is 22.6 Å². The quantitative estimate of drug-likeness (QED) is 0.733. The first-order valence-electron chi connectivity index (χ1n) is 4.74. The first-order valence-corrected chi connectivity index (χ1v) is 7.44. The number of rotatable bonds is 2. The lowest BCUT2D eigenvalue weighted by Gasteiger charge is -2.28. The minimum Gasteiger partial charge on any atom is -0.150 e. The van der Waals surface area contributed by atoms with Crippen LogP contribution < -0.4 is 0 Å². The molecule has 2 rings (SSSR count). The van der Waals surface area contributed by atoms with Gasteiger partial charge in [0.15, 0.2) is 0 Å². The maximum Gasteiger partial charge on any atom is 0.0318 e. The molecule has 2 heterocycles. The van der Waals surface area contributed by atoms with Crippen molar-refractivity contribution in [2.45, 2.75) is 47.0 Å². The highest BCUT2D eigenvalue weighted by Crippen LogP contribution is 2.48. The van der Waals surface area contributed by atoms with Crippen molar-refractivity contribution in [1.82, 2.24) is 0 Å². The maximum atomic E-state index is 2.30. The monoisotopic (exact) mass is 230 g/mol. The third kappa shape index (κ3) is 1.92. The number of hydrogen-bond acceptors (Lipinski definition) is 3. The number of hydrogen-bond donors (Lipinski definition) is 0. The highest BCUT2D eigenvalue weighted by molar-refractivity contribution is 8.06. The van der Waals surface area contributed by atoms with E-state index in [4.69, 9.17) is 0 Å². The largest absolute Gasteiger partial charge is 0.150 e. The third-order valence-electron chi connectivity index (χ3n) is 2.37. The van der Waals surface area contributed by atoms with Gasteiger partial charge < -0.3 is 0 Å². The van der Waals surface area contributed by atoms with Crippen LogP contribution in [-0.4, -0.2) is 10.5 Å². The van der Waals surface area contributed by atoms with Crippen LogP contribution in [-0.2, 0) is 0 Å². The van der Waals surface area contributed by atoms with Crippen molar-refractivity contribution in [2.75, 3.05) is 0 Å². The summed E-state index contributed by atoms with van der Waals surface area (Å²) in [7, 11) is 0. The van der Waals surface area contributed by atoms with Crippen LogP contribution in [0.5, 0.6) is 0 Å². The second-order valence-electron chi connectivity index (χ2n) is 3.23. The van der Waals surface area contributed by atoms with Crippen molar-refractivity contribution in [3.63, 3.8) is 0 Å². The molecular formula is C10H14S3. The molecule has 0 saturated carbocycles. The number of thiophene rings is 1. The summed E-state index contributed by atoms with van der Waals surface area (Å²) in [4.78, 5) is 3.04. The van der Waals surface area contributed by atoms with Gasteiger partial charge in [-0.1, -0.05) is 13.8 Å². The molecule has 2 atom stereocenters. The zero-order chi connectivity index (χ0) is 9.26. The van der Waals surface area contributed by atoms with Crippen LogP contribution >= 0.6 is 34.9 Å². The summed E-state index contributed by atoms with van der Waals surface area (Å²) < 4.78 is 0. The first-order chi connectivity index (χ1) is 6.35. The van der Waals surface area contributed by atoms with E-state index in [1.807, 2.05) is 11.3 Å². The van der Waals surface area contributed by atoms with Crippen LogP contribution in [0.3, 0.4) is 0 Å². The average Bonchev–Trinajstić information content (AvgIpc) is 2.62. The lowest BCUT2D eigenvalue weighted by Crippen LogP contribution is -2.20. The van der Waals surface area contributed by atoms with Gasteiger partial charge in [-0.3, -0.25) is 0 Å². The standard InChI is InChI=1S/C10H14S3/c1-3-7-8(4-2)13-10-6-11-5-9(10)12-7/h5-8H,3-4H2,1-2H3/t7-,8+. The summed E-state index contributed by atoms with van der Waals surface area (Å²) in [6.45, 7) is 4.61. The Hall–Kier alpha value is 0.400. The molecule has 0 saturated heterocycles. The maximum absolute atomic E-state index is 2.30. The van der Waals surface area contributed by atoms with E-state index >= 15 is 0 Å². The predicted molar refractivity (Wildman–Crippen MR) is 64.2 cm³/mol. The normalized spacial score (nSPS) is 27.2. The average molecular weight is 230 g/mol.